The van der Waals surface area contributed by atoms with E-state index in [1.54, 1.807) is 23.0 Å². The molecule has 0 spiro atoms. The lowest BCUT2D eigenvalue weighted by molar-refractivity contribution is -0.141. The Hall–Kier alpha value is -1.51. The van der Waals surface area contributed by atoms with Gasteiger partial charge in [-0.05, 0) is 12.1 Å². The number of carboxylic acid groups (broad SMARTS) is 1. The fourth-order valence-electron chi connectivity index (χ4n) is 1.29. The first-order valence-electron chi connectivity index (χ1n) is 4.14. The molecule has 0 aliphatic rings. The molecule has 0 aliphatic carbocycles. The lowest BCUT2D eigenvalue weighted by Crippen LogP contribution is -2.23. The number of allylic oxidation sites excluding steroid dienone is 1. The molecule has 0 bridgehead atoms. The van der Waals surface area contributed by atoms with E-state index < -0.39 is 12.0 Å². The van der Waals surface area contributed by atoms with Gasteiger partial charge >= 0.3 is 5.97 Å². The second kappa shape index (κ2) is 3.94. The number of hydrogen-bond donors (Lipinski definition) is 1. The van der Waals surface area contributed by atoms with E-state index in [-0.39, 0.29) is 5.92 Å². The monoisotopic (exact) mass is 179 g/mol. The third-order valence-corrected chi connectivity index (χ3v) is 2.07. The van der Waals surface area contributed by atoms with E-state index in [1.807, 2.05) is 19.1 Å². The number of carboxylic acids is 1. The van der Waals surface area contributed by atoms with Crippen molar-refractivity contribution >= 4 is 5.97 Å². The van der Waals surface area contributed by atoms with Gasteiger partial charge in [-0.15, -0.1) is 6.58 Å². The van der Waals surface area contributed by atoms with Gasteiger partial charge in [0.05, 0.1) is 0 Å². The average Bonchev–Trinajstić information content (AvgIpc) is 2.56. The van der Waals surface area contributed by atoms with E-state index in [9.17, 15) is 4.79 Å². The van der Waals surface area contributed by atoms with Crippen molar-refractivity contribution in [1.29, 1.82) is 0 Å². The fraction of sp³-hybridized carbons (Fsp3) is 0.300. The molecule has 1 N–H and O–H groups in total. The van der Waals surface area contributed by atoms with Crippen molar-refractivity contribution in [2.24, 2.45) is 5.92 Å². The Morgan fingerprint density at radius 3 is 2.46 bits per heavy atom. The van der Waals surface area contributed by atoms with Crippen LogP contribution in [0.3, 0.4) is 0 Å². The summed E-state index contributed by atoms with van der Waals surface area (Å²) in [5, 5.41) is 8.98. The zero-order valence-electron chi connectivity index (χ0n) is 7.55. The highest BCUT2D eigenvalue weighted by Crippen LogP contribution is 2.19. The minimum atomic E-state index is -0.830. The third-order valence-electron chi connectivity index (χ3n) is 2.07. The number of aliphatic carboxylic acids is 1. The van der Waals surface area contributed by atoms with Crippen LogP contribution < -0.4 is 0 Å². The minimum Gasteiger partial charge on any atom is -0.480 e. The zero-order chi connectivity index (χ0) is 9.84. The average molecular weight is 179 g/mol. The van der Waals surface area contributed by atoms with Crippen LogP contribution in [0.5, 0.6) is 0 Å². The van der Waals surface area contributed by atoms with Gasteiger partial charge in [0.15, 0.2) is 0 Å². The first kappa shape index (κ1) is 9.58. The van der Waals surface area contributed by atoms with E-state index in [2.05, 4.69) is 6.58 Å². The Bertz CT molecular complexity index is 290. The van der Waals surface area contributed by atoms with Crippen LogP contribution in [0.15, 0.2) is 37.2 Å². The Balaban J connectivity index is 2.93. The summed E-state index contributed by atoms with van der Waals surface area (Å²) in [6.45, 7) is 5.44. The molecule has 13 heavy (non-hydrogen) atoms. The van der Waals surface area contributed by atoms with Crippen LogP contribution in [-0.2, 0) is 4.79 Å². The predicted octanol–water partition coefficient (Wildman–Crippen LogP) is 1.94. The molecule has 1 rings (SSSR count). The van der Waals surface area contributed by atoms with Gasteiger partial charge in [0, 0.05) is 18.3 Å². The lowest BCUT2D eigenvalue weighted by Gasteiger charge is -2.18. The van der Waals surface area contributed by atoms with E-state index in [0.717, 1.165) is 0 Å². The third kappa shape index (κ3) is 1.99. The Morgan fingerprint density at radius 1 is 1.54 bits per heavy atom. The molecule has 1 aromatic rings. The second-order valence-corrected chi connectivity index (χ2v) is 3.01. The van der Waals surface area contributed by atoms with Gasteiger partial charge in [-0.1, -0.05) is 13.0 Å². The smallest absolute Gasteiger partial charge is 0.327 e. The zero-order valence-corrected chi connectivity index (χ0v) is 7.55. The maximum absolute atomic E-state index is 10.9. The van der Waals surface area contributed by atoms with Crippen molar-refractivity contribution in [2.75, 3.05) is 0 Å². The maximum Gasteiger partial charge on any atom is 0.327 e. The van der Waals surface area contributed by atoms with Gasteiger partial charge in [-0.25, -0.2) is 4.79 Å². The van der Waals surface area contributed by atoms with E-state index in [4.69, 9.17) is 5.11 Å². The fourth-order valence-corrected chi connectivity index (χ4v) is 1.29. The molecule has 0 fully saturated rings. The number of carbonyl (C=O) groups is 1. The largest absolute Gasteiger partial charge is 0.480 e. The predicted molar refractivity (Wildman–Crippen MR) is 50.5 cm³/mol. The standard InChI is InChI=1S/C10H13NO2/c1-3-8(2)9(10(12)13)11-6-4-5-7-11/h3-9H,1H2,2H3,(H,12,13)/t8-,9+/m1/s1. The maximum atomic E-state index is 10.9. The van der Waals surface area contributed by atoms with Crippen LogP contribution in [0.1, 0.15) is 13.0 Å². The molecule has 2 atom stereocenters. The summed E-state index contributed by atoms with van der Waals surface area (Å²) >= 11 is 0. The first-order chi connectivity index (χ1) is 6.16. The van der Waals surface area contributed by atoms with Crippen LogP contribution >= 0.6 is 0 Å². The molecule has 0 radical (unpaired) electrons. The molecule has 0 aromatic carbocycles. The summed E-state index contributed by atoms with van der Waals surface area (Å²) in [5.41, 5.74) is 0. The van der Waals surface area contributed by atoms with E-state index in [1.165, 1.54) is 0 Å². The Kier molecular flexibility index (Phi) is 2.90. The summed E-state index contributed by atoms with van der Waals surface area (Å²) in [6.07, 6.45) is 5.15. The molecule has 0 amide bonds. The van der Waals surface area contributed by atoms with Crippen LogP contribution in [-0.4, -0.2) is 15.6 Å². The topological polar surface area (TPSA) is 42.2 Å². The quantitative estimate of drug-likeness (QED) is 0.717. The highest BCUT2D eigenvalue weighted by molar-refractivity contribution is 5.72. The number of aromatic nitrogens is 1. The van der Waals surface area contributed by atoms with Gasteiger partial charge in [-0.2, -0.15) is 0 Å². The summed E-state index contributed by atoms with van der Waals surface area (Å²) < 4.78 is 1.68. The van der Waals surface area contributed by atoms with Crippen molar-refractivity contribution in [3.8, 4) is 0 Å². The summed E-state index contributed by atoms with van der Waals surface area (Å²) in [4.78, 5) is 10.9. The first-order valence-corrected chi connectivity index (χ1v) is 4.14. The van der Waals surface area contributed by atoms with Crippen molar-refractivity contribution < 1.29 is 9.90 Å². The van der Waals surface area contributed by atoms with Gasteiger partial charge < -0.3 is 9.67 Å². The second-order valence-electron chi connectivity index (χ2n) is 3.01. The van der Waals surface area contributed by atoms with Gasteiger partial charge in [0.25, 0.3) is 0 Å². The van der Waals surface area contributed by atoms with Crippen molar-refractivity contribution in [3.63, 3.8) is 0 Å². The van der Waals surface area contributed by atoms with Crippen molar-refractivity contribution in [2.45, 2.75) is 13.0 Å². The molecule has 0 unspecified atom stereocenters. The Labute approximate surface area is 77.3 Å². The molecule has 0 saturated heterocycles. The lowest BCUT2D eigenvalue weighted by atomic mass is 10.0. The van der Waals surface area contributed by atoms with Gasteiger partial charge in [-0.3, -0.25) is 0 Å². The van der Waals surface area contributed by atoms with E-state index >= 15 is 0 Å². The van der Waals surface area contributed by atoms with Gasteiger partial charge in [0.1, 0.15) is 6.04 Å². The van der Waals surface area contributed by atoms with Gasteiger partial charge in [0.2, 0.25) is 0 Å². The van der Waals surface area contributed by atoms with Crippen LogP contribution in [0, 0.1) is 5.92 Å². The molecule has 3 heteroatoms. The molecule has 0 saturated carbocycles. The molecule has 1 aromatic heterocycles. The number of nitrogens with zero attached hydrogens (tertiary/aromatic N) is 1. The molecule has 0 aliphatic heterocycles. The van der Waals surface area contributed by atoms with Crippen molar-refractivity contribution in [3.05, 3.63) is 37.2 Å². The highest BCUT2D eigenvalue weighted by atomic mass is 16.4. The highest BCUT2D eigenvalue weighted by Gasteiger charge is 2.23. The number of hydrogen-bond acceptors (Lipinski definition) is 1. The molecule has 3 nitrogen and oxygen atoms in total. The molecular weight excluding hydrogens is 166 g/mol. The summed E-state index contributed by atoms with van der Waals surface area (Å²) in [5.74, 6) is -0.909. The van der Waals surface area contributed by atoms with Crippen LogP contribution in [0.25, 0.3) is 0 Å². The van der Waals surface area contributed by atoms with Crippen molar-refractivity contribution in [1.82, 2.24) is 4.57 Å². The molecule has 70 valence electrons. The minimum absolute atomic E-state index is 0.0788. The Morgan fingerprint density at radius 2 is 2.08 bits per heavy atom. The normalized spacial score (nSPS) is 14.8. The number of rotatable bonds is 4. The SMILES string of the molecule is C=C[C@@H](C)[C@@H](C(=O)O)n1cccc1. The molecular formula is C10H13NO2. The summed E-state index contributed by atoms with van der Waals surface area (Å²) in [6, 6.07) is 3.07. The summed E-state index contributed by atoms with van der Waals surface area (Å²) in [7, 11) is 0. The van der Waals surface area contributed by atoms with Crippen LogP contribution in [0.2, 0.25) is 0 Å². The molecule has 1 heterocycles. The van der Waals surface area contributed by atoms with E-state index in [0.29, 0.717) is 0 Å². The van der Waals surface area contributed by atoms with Crippen LogP contribution in [0.4, 0.5) is 0 Å².